The summed E-state index contributed by atoms with van der Waals surface area (Å²) in [5.74, 6) is 1.49. The molecule has 0 saturated carbocycles. The quantitative estimate of drug-likeness (QED) is 0.675. The zero-order valence-corrected chi connectivity index (χ0v) is 16.4. The SMILES string of the molecule is Cc1cc(-c2cnn(C)c2)cc([C@@H]2CCN(C(=O)CCc3nc(C)no3)C2)n1. The van der Waals surface area contributed by atoms with Gasteiger partial charge in [-0.1, -0.05) is 5.16 Å². The Hall–Kier alpha value is -3.03. The molecule has 8 nitrogen and oxygen atoms in total. The number of rotatable bonds is 5. The Morgan fingerprint density at radius 2 is 2.11 bits per heavy atom. The van der Waals surface area contributed by atoms with Gasteiger partial charge in [0.15, 0.2) is 5.82 Å². The van der Waals surface area contributed by atoms with Crippen LogP contribution in [0.1, 0.15) is 41.9 Å². The van der Waals surface area contributed by atoms with E-state index in [1.165, 1.54) is 0 Å². The van der Waals surface area contributed by atoms with Gasteiger partial charge < -0.3 is 9.42 Å². The van der Waals surface area contributed by atoms with Crippen LogP contribution in [-0.2, 0) is 18.3 Å². The van der Waals surface area contributed by atoms with Crippen molar-refractivity contribution >= 4 is 5.91 Å². The van der Waals surface area contributed by atoms with Crippen LogP contribution in [0.15, 0.2) is 29.0 Å². The Bertz CT molecular complexity index is 992. The predicted molar refractivity (Wildman–Crippen MR) is 102 cm³/mol. The van der Waals surface area contributed by atoms with Gasteiger partial charge in [0.25, 0.3) is 0 Å². The fourth-order valence-corrected chi connectivity index (χ4v) is 3.68. The van der Waals surface area contributed by atoms with Crippen molar-refractivity contribution in [2.24, 2.45) is 7.05 Å². The van der Waals surface area contributed by atoms with Gasteiger partial charge in [-0.3, -0.25) is 14.5 Å². The van der Waals surface area contributed by atoms with E-state index in [2.05, 4.69) is 27.4 Å². The highest BCUT2D eigenvalue weighted by Gasteiger charge is 2.28. The lowest BCUT2D eigenvalue weighted by molar-refractivity contribution is -0.130. The van der Waals surface area contributed by atoms with E-state index < -0.39 is 0 Å². The van der Waals surface area contributed by atoms with E-state index in [1.807, 2.05) is 31.3 Å². The molecule has 0 N–H and O–H groups in total. The second-order valence-corrected chi connectivity index (χ2v) is 7.39. The fraction of sp³-hybridized carbons (Fsp3) is 0.450. The number of hydrogen-bond donors (Lipinski definition) is 0. The maximum atomic E-state index is 12.6. The molecule has 8 heteroatoms. The first-order valence-electron chi connectivity index (χ1n) is 9.52. The van der Waals surface area contributed by atoms with Gasteiger partial charge in [0.05, 0.1) is 6.20 Å². The van der Waals surface area contributed by atoms with Crippen LogP contribution in [-0.4, -0.2) is 48.8 Å². The van der Waals surface area contributed by atoms with Gasteiger partial charge >= 0.3 is 0 Å². The van der Waals surface area contributed by atoms with Crippen molar-refractivity contribution in [3.05, 3.63) is 47.6 Å². The van der Waals surface area contributed by atoms with Gasteiger partial charge in [0.2, 0.25) is 11.8 Å². The molecule has 0 spiro atoms. The van der Waals surface area contributed by atoms with Gasteiger partial charge in [-0.2, -0.15) is 10.1 Å². The molecule has 1 fully saturated rings. The minimum atomic E-state index is 0.124. The third-order valence-corrected chi connectivity index (χ3v) is 5.09. The summed E-state index contributed by atoms with van der Waals surface area (Å²) in [6.45, 7) is 5.23. The van der Waals surface area contributed by atoms with Crippen LogP contribution in [0.5, 0.6) is 0 Å². The highest BCUT2D eigenvalue weighted by atomic mass is 16.5. The minimum absolute atomic E-state index is 0.124. The van der Waals surface area contributed by atoms with Gasteiger partial charge in [-0.05, 0) is 38.0 Å². The van der Waals surface area contributed by atoms with Crippen molar-refractivity contribution in [1.82, 2.24) is 29.8 Å². The van der Waals surface area contributed by atoms with E-state index in [-0.39, 0.29) is 11.8 Å². The lowest BCUT2D eigenvalue weighted by Crippen LogP contribution is -2.28. The number of likely N-dealkylation sites (tertiary alicyclic amines) is 1. The van der Waals surface area contributed by atoms with Crippen molar-refractivity contribution in [1.29, 1.82) is 0 Å². The summed E-state index contributed by atoms with van der Waals surface area (Å²) in [4.78, 5) is 23.4. The maximum Gasteiger partial charge on any atom is 0.227 e. The molecule has 1 amide bonds. The molecular formula is C20H24N6O2. The van der Waals surface area contributed by atoms with Crippen LogP contribution in [0.25, 0.3) is 11.1 Å². The number of hydrogen-bond acceptors (Lipinski definition) is 6. The number of amides is 1. The first-order valence-corrected chi connectivity index (χ1v) is 9.52. The topological polar surface area (TPSA) is 89.9 Å². The summed E-state index contributed by atoms with van der Waals surface area (Å²) in [5, 5.41) is 8.02. The Labute approximate surface area is 163 Å². The summed E-state index contributed by atoms with van der Waals surface area (Å²) < 4.78 is 6.89. The summed E-state index contributed by atoms with van der Waals surface area (Å²) >= 11 is 0. The van der Waals surface area contributed by atoms with Crippen LogP contribution in [0.4, 0.5) is 0 Å². The molecule has 3 aromatic rings. The number of carbonyl (C=O) groups excluding carboxylic acids is 1. The lowest BCUT2D eigenvalue weighted by Gasteiger charge is -2.16. The number of carbonyl (C=O) groups is 1. The molecule has 0 aliphatic carbocycles. The van der Waals surface area contributed by atoms with Crippen molar-refractivity contribution < 1.29 is 9.32 Å². The standard InChI is InChI=1S/C20H24N6O2/c1-13-8-16(17-10-21-25(3)11-17)9-18(22-13)15-6-7-26(12-15)20(27)5-4-19-23-14(2)24-28-19/h8-11,15H,4-7,12H2,1-3H3/t15-/m1/s1. The number of pyridine rings is 1. The Kier molecular flexibility index (Phi) is 4.93. The third-order valence-electron chi connectivity index (χ3n) is 5.09. The maximum absolute atomic E-state index is 12.6. The summed E-state index contributed by atoms with van der Waals surface area (Å²) in [7, 11) is 1.91. The summed E-state index contributed by atoms with van der Waals surface area (Å²) in [6.07, 6.45) is 5.66. The second kappa shape index (κ2) is 7.53. The average Bonchev–Trinajstić information content (AvgIpc) is 3.40. The molecule has 0 radical (unpaired) electrons. The van der Waals surface area contributed by atoms with Crippen LogP contribution >= 0.6 is 0 Å². The molecule has 1 saturated heterocycles. The van der Waals surface area contributed by atoms with Crippen molar-refractivity contribution in [2.75, 3.05) is 13.1 Å². The smallest absolute Gasteiger partial charge is 0.227 e. The zero-order chi connectivity index (χ0) is 19.7. The molecule has 0 aromatic carbocycles. The Balaban J connectivity index is 1.42. The van der Waals surface area contributed by atoms with Crippen molar-refractivity contribution in [2.45, 2.75) is 39.0 Å². The molecule has 4 rings (SSSR count). The summed E-state index contributed by atoms with van der Waals surface area (Å²) in [5.41, 5.74) is 4.22. The molecule has 1 aliphatic heterocycles. The van der Waals surface area contributed by atoms with Gasteiger partial charge in [0.1, 0.15) is 0 Å². The highest BCUT2D eigenvalue weighted by molar-refractivity contribution is 5.76. The largest absolute Gasteiger partial charge is 0.342 e. The average molecular weight is 380 g/mol. The summed E-state index contributed by atoms with van der Waals surface area (Å²) in [6, 6.07) is 4.20. The van der Waals surface area contributed by atoms with Crippen molar-refractivity contribution in [3.8, 4) is 11.1 Å². The molecule has 28 heavy (non-hydrogen) atoms. The van der Waals surface area contributed by atoms with E-state index in [0.29, 0.717) is 31.1 Å². The third kappa shape index (κ3) is 3.95. The molecule has 146 valence electrons. The number of aryl methyl sites for hydroxylation is 4. The zero-order valence-electron chi connectivity index (χ0n) is 16.4. The second-order valence-electron chi connectivity index (χ2n) is 7.39. The van der Waals surface area contributed by atoms with Gasteiger partial charge in [-0.15, -0.1) is 0 Å². The van der Waals surface area contributed by atoms with E-state index in [0.717, 1.165) is 35.5 Å². The Morgan fingerprint density at radius 1 is 1.25 bits per heavy atom. The number of nitrogens with zero attached hydrogens (tertiary/aromatic N) is 6. The van der Waals surface area contributed by atoms with E-state index in [1.54, 1.807) is 11.6 Å². The first-order chi connectivity index (χ1) is 13.5. The molecule has 0 unspecified atom stereocenters. The minimum Gasteiger partial charge on any atom is -0.342 e. The Morgan fingerprint density at radius 3 is 2.82 bits per heavy atom. The molecule has 1 atom stereocenters. The van der Waals surface area contributed by atoms with Crippen LogP contribution in [0, 0.1) is 13.8 Å². The monoisotopic (exact) mass is 380 g/mol. The molecule has 4 heterocycles. The first kappa shape index (κ1) is 18.3. The fourth-order valence-electron chi connectivity index (χ4n) is 3.68. The number of aromatic nitrogens is 5. The van der Waals surface area contributed by atoms with Crippen LogP contribution < -0.4 is 0 Å². The predicted octanol–water partition coefficient (Wildman–Crippen LogP) is 2.43. The molecular weight excluding hydrogens is 356 g/mol. The van der Waals surface area contributed by atoms with Gasteiger partial charge in [-0.25, -0.2) is 0 Å². The van der Waals surface area contributed by atoms with E-state index >= 15 is 0 Å². The van der Waals surface area contributed by atoms with Crippen LogP contribution in [0.2, 0.25) is 0 Å². The highest BCUT2D eigenvalue weighted by Crippen LogP contribution is 2.30. The van der Waals surface area contributed by atoms with E-state index in [9.17, 15) is 4.79 Å². The molecule has 3 aromatic heterocycles. The van der Waals surface area contributed by atoms with Gasteiger partial charge in [0, 0.05) is 62.0 Å². The molecule has 0 bridgehead atoms. The van der Waals surface area contributed by atoms with Crippen molar-refractivity contribution in [3.63, 3.8) is 0 Å². The normalized spacial score (nSPS) is 16.7. The lowest BCUT2D eigenvalue weighted by atomic mass is 10.00. The van der Waals surface area contributed by atoms with E-state index in [4.69, 9.17) is 9.51 Å². The van der Waals surface area contributed by atoms with Crippen LogP contribution in [0.3, 0.4) is 0 Å². The molecule has 1 aliphatic rings.